The fraction of sp³-hybridized carbons (Fsp3) is 0.333. The summed E-state index contributed by atoms with van der Waals surface area (Å²) in [5.74, 6) is -0.131. The summed E-state index contributed by atoms with van der Waals surface area (Å²) in [6.07, 6.45) is 0. The Morgan fingerprint density at radius 3 is 2.87 bits per heavy atom. The Bertz CT molecular complexity index is 928. The van der Waals surface area contributed by atoms with Crippen molar-refractivity contribution in [2.45, 2.75) is 30.5 Å². The highest BCUT2D eigenvalue weighted by molar-refractivity contribution is 7.92. The zero-order valence-corrected chi connectivity index (χ0v) is 15.2. The molecule has 0 aliphatic carbocycles. The van der Waals surface area contributed by atoms with E-state index in [4.69, 9.17) is 4.74 Å². The van der Waals surface area contributed by atoms with Gasteiger partial charge in [0.05, 0.1) is 22.5 Å². The summed E-state index contributed by atoms with van der Waals surface area (Å²) < 4.78 is 31.4. The summed E-state index contributed by atoms with van der Waals surface area (Å²) in [5.41, 5.74) is 2.33. The highest BCUT2D eigenvalue weighted by atomic mass is 32.2. The summed E-state index contributed by atoms with van der Waals surface area (Å²) >= 11 is 2.62. The lowest BCUT2D eigenvalue weighted by Crippen LogP contribution is -2.05. The second-order valence-electron chi connectivity index (χ2n) is 5.08. The van der Waals surface area contributed by atoms with Crippen molar-refractivity contribution in [2.75, 3.05) is 6.61 Å². The van der Waals surface area contributed by atoms with Gasteiger partial charge in [-0.1, -0.05) is 6.07 Å². The molecule has 0 saturated heterocycles. The molecule has 0 bridgehead atoms. The largest absolute Gasteiger partial charge is 0.375 e. The van der Waals surface area contributed by atoms with Crippen LogP contribution in [0.1, 0.15) is 23.2 Å². The minimum absolute atomic E-state index is 0.131. The topological polar surface area (TPSA) is 69.2 Å². The van der Waals surface area contributed by atoms with E-state index in [-0.39, 0.29) is 10.1 Å². The number of ether oxygens (including phenoxy) is 1. The molecule has 0 fully saturated rings. The molecule has 2 heterocycles. The Balaban J connectivity index is 1.83. The molecule has 122 valence electrons. The maximum Gasteiger partial charge on any atom is 0.211 e. The molecule has 1 aromatic carbocycles. The Kier molecular flexibility index (Phi) is 4.77. The van der Waals surface area contributed by atoms with Gasteiger partial charge in [0, 0.05) is 12.0 Å². The van der Waals surface area contributed by atoms with Crippen molar-refractivity contribution in [3.63, 3.8) is 0 Å². The van der Waals surface area contributed by atoms with Crippen LogP contribution in [0.2, 0.25) is 0 Å². The van der Waals surface area contributed by atoms with Gasteiger partial charge >= 0.3 is 0 Å². The number of hydrogen-bond acceptors (Lipinski definition) is 7. The lowest BCUT2D eigenvalue weighted by molar-refractivity contribution is 0.134. The van der Waals surface area contributed by atoms with E-state index in [0.29, 0.717) is 18.9 Å². The molecule has 3 aromatic rings. The average Bonchev–Trinajstić information content (AvgIpc) is 3.11. The summed E-state index contributed by atoms with van der Waals surface area (Å²) in [4.78, 5) is 8.60. The van der Waals surface area contributed by atoms with Crippen LogP contribution < -0.4 is 0 Å². The quantitative estimate of drug-likeness (QED) is 0.665. The van der Waals surface area contributed by atoms with Crippen LogP contribution >= 0.6 is 22.7 Å². The number of fused-ring (bicyclic) bond motifs is 1. The van der Waals surface area contributed by atoms with Crippen molar-refractivity contribution < 1.29 is 13.2 Å². The Labute approximate surface area is 142 Å². The monoisotopic (exact) mass is 368 g/mol. The molecule has 0 saturated carbocycles. The summed E-state index contributed by atoms with van der Waals surface area (Å²) in [6, 6.07) is 5.76. The van der Waals surface area contributed by atoms with E-state index in [0.717, 1.165) is 20.8 Å². The van der Waals surface area contributed by atoms with Crippen molar-refractivity contribution in [3.05, 3.63) is 39.8 Å². The predicted molar refractivity (Wildman–Crippen MR) is 92.7 cm³/mol. The van der Waals surface area contributed by atoms with Gasteiger partial charge in [-0.3, -0.25) is 0 Å². The highest BCUT2D eigenvalue weighted by Crippen LogP contribution is 2.28. The number of aryl methyl sites for hydroxylation is 1. The number of rotatable bonds is 6. The first-order valence-electron chi connectivity index (χ1n) is 7.09. The molecule has 23 heavy (non-hydrogen) atoms. The molecule has 0 aliphatic heterocycles. The van der Waals surface area contributed by atoms with E-state index in [1.807, 2.05) is 32.0 Å². The molecule has 0 radical (unpaired) electrons. The SMILES string of the molecule is CCOCc1nc(CS(=O)(=O)c2nc3cc(C)ccc3s2)cs1. The van der Waals surface area contributed by atoms with E-state index in [2.05, 4.69) is 9.97 Å². The average molecular weight is 369 g/mol. The van der Waals surface area contributed by atoms with Gasteiger partial charge in [0.1, 0.15) is 10.8 Å². The highest BCUT2D eigenvalue weighted by Gasteiger charge is 2.22. The van der Waals surface area contributed by atoms with Crippen molar-refractivity contribution in [1.29, 1.82) is 0 Å². The number of hydrogen-bond donors (Lipinski definition) is 0. The fourth-order valence-electron chi connectivity index (χ4n) is 2.08. The molecular formula is C15H16N2O3S3. The molecular weight excluding hydrogens is 352 g/mol. The number of benzene rings is 1. The van der Waals surface area contributed by atoms with Crippen LogP contribution in [0.4, 0.5) is 0 Å². The maximum absolute atomic E-state index is 12.6. The first-order chi connectivity index (χ1) is 11.0. The predicted octanol–water partition coefficient (Wildman–Crippen LogP) is 3.57. The second kappa shape index (κ2) is 6.64. The zero-order chi connectivity index (χ0) is 16.4. The number of aromatic nitrogens is 2. The maximum atomic E-state index is 12.6. The Morgan fingerprint density at radius 1 is 1.26 bits per heavy atom. The molecule has 0 atom stereocenters. The van der Waals surface area contributed by atoms with Crippen LogP contribution in [0.5, 0.6) is 0 Å². The third-order valence-corrected chi connectivity index (χ3v) is 7.17. The molecule has 2 aromatic heterocycles. The molecule has 0 aliphatic rings. The van der Waals surface area contributed by atoms with E-state index in [1.165, 1.54) is 22.7 Å². The van der Waals surface area contributed by atoms with Gasteiger partial charge in [0.2, 0.25) is 14.2 Å². The summed E-state index contributed by atoms with van der Waals surface area (Å²) in [5, 5.41) is 2.56. The smallest absolute Gasteiger partial charge is 0.211 e. The van der Waals surface area contributed by atoms with E-state index in [1.54, 1.807) is 5.38 Å². The van der Waals surface area contributed by atoms with Gasteiger partial charge in [-0.2, -0.15) is 0 Å². The first-order valence-corrected chi connectivity index (χ1v) is 10.4. The van der Waals surface area contributed by atoms with E-state index >= 15 is 0 Å². The third kappa shape index (κ3) is 3.77. The zero-order valence-electron chi connectivity index (χ0n) is 12.8. The van der Waals surface area contributed by atoms with Crippen LogP contribution in [0.3, 0.4) is 0 Å². The van der Waals surface area contributed by atoms with Crippen molar-refractivity contribution in [1.82, 2.24) is 9.97 Å². The second-order valence-corrected chi connectivity index (χ2v) is 9.22. The standard InChI is InChI=1S/C15H16N2O3S3/c1-3-20-7-14-16-11(8-21-14)9-23(18,19)15-17-12-6-10(2)4-5-13(12)22-15/h4-6,8H,3,7,9H2,1-2H3. The van der Waals surface area contributed by atoms with E-state index in [9.17, 15) is 8.42 Å². The fourth-order valence-corrected chi connectivity index (χ4v) is 5.44. The normalized spacial score (nSPS) is 12.1. The van der Waals surface area contributed by atoms with Gasteiger partial charge in [-0.25, -0.2) is 18.4 Å². The number of nitrogens with zero attached hydrogens (tertiary/aromatic N) is 2. The van der Waals surface area contributed by atoms with Crippen molar-refractivity contribution in [3.8, 4) is 0 Å². The lowest BCUT2D eigenvalue weighted by Gasteiger charge is -1.97. The van der Waals surface area contributed by atoms with Crippen LogP contribution in [0, 0.1) is 6.92 Å². The molecule has 0 unspecified atom stereocenters. The minimum atomic E-state index is -3.48. The van der Waals surface area contributed by atoms with Crippen molar-refractivity contribution >= 4 is 42.7 Å². The Hall–Kier alpha value is -1.35. The minimum Gasteiger partial charge on any atom is -0.375 e. The van der Waals surface area contributed by atoms with Gasteiger partial charge in [-0.05, 0) is 31.5 Å². The van der Waals surface area contributed by atoms with Crippen LogP contribution in [-0.4, -0.2) is 25.0 Å². The van der Waals surface area contributed by atoms with Crippen molar-refractivity contribution in [2.24, 2.45) is 0 Å². The van der Waals surface area contributed by atoms with E-state index < -0.39 is 9.84 Å². The van der Waals surface area contributed by atoms with Crippen LogP contribution in [0.25, 0.3) is 10.2 Å². The first kappa shape index (κ1) is 16.5. The Morgan fingerprint density at radius 2 is 2.09 bits per heavy atom. The van der Waals surface area contributed by atoms with Gasteiger partial charge in [-0.15, -0.1) is 22.7 Å². The van der Waals surface area contributed by atoms with Crippen LogP contribution in [0.15, 0.2) is 27.9 Å². The molecule has 0 spiro atoms. The van der Waals surface area contributed by atoms with Crippen LogP contribution in [-0.2, 0) is 26.9 Å². The molecule has 3 rings (SSSR count). The molecule has 8 heteroatoms. The van der Waals surface area contributed by atoms with Gasteiger partial charge < -0.3 is 4.74 Å². The van der Waals surface area contributed by atoms with Gasteiger partial charge in [0.15, 0.2) is 0 Å². The number of thiazole rings is 2. The van der Waals surface area contributed by atoms with Gasteiger partial charge in [0.25, 0.3) is 0 Å². The number of sulfone groups is 1. The third-order valence-electron chi connectivity index (χ3n) is 3.16. The summed E-state index contributed by atoms with van der Waals surface area (Å²) in [7, 11) is -3.48. The molecule has 0 amide bonds. The summed E-state index contributed by atoms with van der Waals surface area (Å²) in [6.45, 7) is 4.90. The molecule has 0 N–H and O–H groups in total. The molecule has 5 nitrogen and oxygen atoms in total. The lowest BCUT2D eigenvalue weighted by atomic mass is 10.2.